The first-order chi connectivity index (χ1) is 9.72. The maximum Gasteiger partial charge on any atom is 0.177 e. The minimum atomic E-state index is 0.626. The van der Waals surface area contributed by atoms with Gasteiger partial charge in [0.15, 0.2) is 5.84 Å². The second-order valence-electron chi connectivity index (χ2n) is 4.18. The van der Waals surface area contributed by atoms with E-state index >= 15 is 0 Å². The van der Waals surface area contributed by atoms with E-state index in [1.54, 1.807) is 4.68 Å². The number of para-hydroxylation sites is 1. The summed E-state index contributed by atoms with van der Waals surface area (Å²) in [5, 5.41) is 9.82. The smallest absolute Gasteiger partial charge is 0.177 e. The van der Waals surface area contributed by atoms with Crippen LogP contribution in [0.4, 0.5) is 0 Å². The lowest BCUT2D eigenvalue weighted by Gasteiger charge is -2.14. The van der Waals surface area contributed by atoms with Gasteiger partial charge >= 0.3 is 0 Å². The molecule has 8 heteroatoms. The molecule has 1 aromatic heterocycles. The average molecular weight is 309 g/mol. The molecule has 0 spiro atoms. The summed E-state index contributed by atoms with van der Waals surface area (Å²) in [5.74, 6) is 0.750. The molecule has 0 aliphatic carbocycles. The Morgan fingerprint density at radius 3 is 2.90 bits per heavy atom. The van der Waals surface area contributed by atoms with Crippen molar-refractivity contribution in [3.63, 3.8) is 0 Å². The maximum atomic E-state index is 6.20. The molecule has 1 aliphatic rings. The Kier molecular flexibility index (Phi) is 3.47. The van der Waals surface area contributed by atoms with Gasteiger partial charge in [-0.25, -0.2) is 10.2 Å². The van der Waals surface area contributed by atoms with Crippen molar-refractivity contribution in [2.24, 2.45) is 5.10 Å². The third-order valence-corrected chi connectivity index (χ3v) is 3.75. The number of hydrogen-bond acceptors (Lipinski definition) is 5. The van der Waals surface area contributed by atoms with Crippen molar-refractivity contribution in [2.45, 2.75) is 6.92 Å². The number of hydrazone groups is 1. The highest BCUT2D eigenvalue weighted by Crippen LogP contribution is 2.21. The fraction of sp³-hybridized carbons (Fsp3) is 0.167. The molecule has 3 rings (SSSR count). The number of aromatic amines is 1. The molecule has 0 amide bonds. The number of halogens is 1. The third kappa shape index (κ3) is 2.09. The lowest BCUT2D eigenvalue weighted by Crippen LogP contribution is -2.40. The molecule has 0 saturated carbocycles. The summed E-state index contributed by atoms with van der Waals surface area (Å²) >= 11 is 11.7. The molecule has 0 saturated heterocycles. The van der Waals surface area contributed by atoms with Crippen molar-refractivity contribution < 1.29 is 0 Å². The molecule has 104 valence electrons. The summed E-state index contributed by atoms with van der Waals surface area (Å²) in [6, 6.07) is 7.53. The average Bonchev–Trinajstić information content (AvgIpc) is 3.05. The molecular weight excluding hydrogens is 296 g/mol. The third-order valence-electron chi connectivity index (χ3n) is 3.02. The maximum absolute atomic E-state index is 6.20. The molecule has 0 radical (unpaired) electrons. The highest BCUT2D eigenvalue weighted by atomic mass is 35.5. The lowest BCUT2D eigenvalue weighted by molar-refractivity contribution is 0.308. The number of nitrogens with zero attached hydrogens (tertiary/aromatic N) is 3. The molecule has 3 N–H and O–H groups in total. The predicted molar refractivity (Wildman–Crippen MR) is 81.2 cm³/mol. The van der Waals surface area contributed by atoms with E-state index in [1.807, 2.05) is 42.4 Å². The molecule has 0 bridgehead atoms. The van der Waals surface area contributed by atoms with Gasteiger partial charge in [0, 0.05) is 12.7 Å². The monoisotopic (exact) mass is 308 g/mol. The van der Waals surface area contributed by atoms with Crippen molar-refractivity contribution in [3.05, 3.63) is 45.7 Å². The Morgan fingerprint density at radius 1 is 1.35 bits per heavy atom. The van der Waals surface area contributed by atoms with Crippen LogP contribution in [0.1, 0.15) is 12.5 Å². The number of hydrogen-bond donors (Lipinski definition) is 3. The lowest BCUT2D eigenvalue weighted by atomic mass is 10.3. The second-order valence-corrected chi connectivity index (χ2v) is 4.98. The number of amidine groups is 1. The van der Waals surface area contributed by atoms with Crippen LogP contribution >= 0.6 is 23.8 Å². The zero-order chi connectivity index (χ0) is 14.1. The Hall–Kier alpha value is -1.83. The largest absolute Gasteiger partial charge is 0.299 e. The SMILES string of the molecule is CCN1NNN=C1c1c[nH]n(-c2ccccc2Cl)c1=S. The Balaban J connectivity index is 2.06. The molecule has 20 heavy (non-hydrogen) atoms. The first-order valence-corrected chi connectivity index (χ1v) is 6.92. The van der Waals surface area contributed by atoms with Crippen LogP contribution in [0.2, 0.25) is 5.02 Å². The highest BCUT2D eigenvalue weighted by Gasteiger charge is 2.20. The summed E-state index contributed by atoms with van der Waals surface area (Å²) in [7, 11) is 0. The summed E-state index contributed by atoms with van der Waals surface area (Å²) in [6.07, 6.45) is 1.82. The summed E-state index contributed by atoms with van der Waals surface area (Å²) in [4.78, 5) is 0. The van der Waals surface area contributed by atoms with Gasteiger partial charge in [-0.05, 0) is 19.1 Å². The van der Waals surface area contributed by atoms with E-state index in [9.17, 15) is 0 Å². The van der Waals surface area contributed by atoms with Crippen LogP contribution in [0.25, 0.3) is 5.69 Å². The van der Waals surface area contributed by atoms with Crippen molar-refractivity contribution in [1.29, 1.82) is 0 Å². The molecule has 2 aromatic rings. The number of rotatable bonds is 3. The minimum Gasteiger partial charge on any atom is -0.299 e. The zero-order valence-corrected chi connectivity index (χ0v) is 12.3. The fourth-order valence-electron chi connectivity index (χ4n) is 2.03. The van der Waals surface area contributed by atoms with E-state index in [2.05, 4.69) is 21.3 Å². The van der Waals surface area contributed by atoms with Crippen LogP contribution < -0.4 is 11.1 Å². The number of nitrogens with one attached hydrogen (secondary N) is 3. The molecular formula is C12H13ClN6S. The Labute approximate surface area is 126 Å². The van der Waals surface area contributed by atoms with Crippen molar-refractivity contribution in [2.75, 3.05) is 6.54 Å². The molecule has 0 atom stereocenters. The normalized spacial score (nSPS) is 14.3. The molecule has 0 unspecified atom stereocenters. The van der Waals surface area contributed by atoms with Crippen molar-refractivity contribution >= 4 is 29.7 Å². The number of H-pyrrole nitrogens is 1. The summed E-state index contributed by atoms with van der Waals surface area (Å²) in [6.45, 7) is 2.78. The van der Waals surface area contributed by atoms with Gasteiger partial charge in [-0.3, -0.25) is 10.1 Å². The quantitative estimate of drug-likeness (QED) is 0.761. The molecule has 0 fully saturated rings. The minimum absolute atomic E-state index is 0.626. The van der Waals surface area contributed by atoms with Crippen LogP contribution in [-0.2, 0) is 0 Å². The van der Waals surface area contributed by atoms with Gasteiger partial charge in [-0.1, -0.05) is 36.0 Å². The van der Waals surface area contributed by atoms with Crippen LogP contribution in [0.15, 0.2) is 35.6 Å². The number of hydrazine groups is 2. The van der Waals surface area contributed by atoms with Gasteiger partial charge in [0.25, 0.3) is 0 Å². The van der Waals surface area contributed by atoms with Crippen LogP contribution in [0, 0.1) is 4.64 Å². The molecule has 6 nitrogen and oxygen atoms in total. The summed E-state index contributed by atoms with van der Waals surface area (Å²) < 4.78 is 2.39. The van der Waals surface area contributed by atoms with E-state index in [-0.39, 0.29) is 0 Å². The van der Waals surface area contributed by atoms with Gasteiger partial charge in [-0.15, -0.1) is 10.6 Å². The first kappa shape index (κ1) is 13.2. The van der Waals surface area contributed by atoms with Crippen LogP contribution in [0.5, 0.6) is 0 Å². The van der Waals surface area contributed by atoms with Gasteiger partial charge in [0.05, 0.1) is 16.3 Å². The van der Waals surface area contributed by atoms with E-state index in [4.69, 9.17) is 23.8 Å². The zero-order valence-electron chi connectivity index (χ0n) is 10.7. The van der Waals surface area contributed by atoms with Gasteiger partial charge in [0.1, 0.15) is 4.64 Å². The van der Waals surface area contributed by atoms with Gasteiger partial charge < -0.3 is 0 Å². The fourth-order valence-corrected chi connectivity index (χ4v) is 2.55. The topological polar surface area (TPSA) is 60.4 Å². The Bertz CT molecular complexity index is 719. The summed E-state index contributed by atoms with van der Waals surface area (Å²) in [5.41, 5.74) is 7.30. The Morgan fingerprint density at radius 2 is 2.15 bits per heavy atom. The standard InChI is InChI=1S/C12H13ClN6S/c1-2-18-11(15-16-17-18)8-7-14-19(12(8)20)10-6-4-3-5-9(10)13/h3-7,14,16-17H,2H2,1H3. The van der Waals surface area contributed by atoms with E-state index < -0.39 is 0 Å². The molecule has 1 aliphatic heterocycles. The molecule has 1 aromatic carbocycles. The van der Waals surface area contributed by atoms with Crippen LogP contribution in [-0.4, -0.2) is 27.2 Å². The predicted octanol–water partition coefficient (Wildman–Crippen LogP) is 2.19. The van der Waals surface area contributed by atoms with E-state index in [0.717, 1.165) is 23.6 Å². The van der Waals surface area contributed by atoms with E-state index in [1.165, 1.54) is 0 Å². The second kappa shape index (κ2) is 5.28. The van der Waals surface area contributed by atoms with Crippen molar-refractivity contribution in [3.8, 4) is 5.69 Å². The highest BCUT2D eigenvalue weighted by molar-refractivity contribution is 7.71. The number of aromatic nitrogens is 2. The first-order valence-electron chi connectivity index (χ1n) is 6.14. The molecule has 2 heterocycles. The van der Waals surface area contributed by atoms with Crippen molar-refractivity contribution in [1.82, 2.24) is 25.9 Å². The van der Waals surface area contributed by atoms with E-state index in [0.29, 0.717) is 9.66 Å². The number of benzene rings is 1. The van der Waals surface area contributed by atoms with Crippen LogP contribution in [0.3, 0.4) is 0 Å². The van der Waals surface area contributed by atoms with Gasteiger partial charge in [-0.2, -0.15) is 0 Å². The van der Waals surface area contributed by atoms with Gasteiger partial charge in [0.2, 0.25) is 0 Å².